The zero-order valence-electron chi connectivity index (χ0n) is 19.4. The van der Waals surface area contributed by atoms with Gasteiger partial charge in [-0.3, -0.25) is 0 Å². The van der Waals surface area contributed by atoms with Gasteiger partial charge in [0.1, 0.15) is 0 Å². The average molecular weight is 561 g/mol. The number of halogens is 1. The van der Waals surface area contributed by atoms with Gasteiger partial charge in [-0.2, -0.15) is 4.72 Å². The maximum atomic E-state index is 11.7. The third-order valence-electron chi connectivity index (χ3n) is 6.03. The Kier molecular flexibility index (Phi) is 8.69. The van der Waals surface area contributed by atoms with E-state index in [1.807, 2.05) is 36.4 Å². The molecule has 2 atom stereocenters. The molecule has 0 fully saturated rings. The van der Waals surface area contributed by atoms with Gasteiger partial charge in [-0.1, -0.05) is 72.3 Å². The summed E-state index contributed by atoms with van der Waals surface area (Å²) < 4.78 is 27.3. The molecule has 1 aliphatic rings. The van der Waals surface area contributed by atoms with Crippen molar-refractivity contribution in [3.63, 3.8) is 0 Å². The summed E-state index contributed by atoms with van der Waals surface area (Å²) in [6, 6.07) is 17.3. The van der Waals surface area contributed by atoms with Crippen LogP contribution in [0.15, 0.2) is 81.6 Å². The van der Waals surface area contributed by atoms with Crippen molar-refractivity contribution in [2.75, 3.05) is 6.26 Å². The van der Waals surface area contributed by atoms with Gasteiger partial charge in [-0.15, -0.1) is 0 Å². The van der Waals surface area contributed by atoms with Crippen LogP contribution >= 0.6 is 11.6 Å². The molecule has 32 heavy (non-hydrogen) atoms. The minimum absolute atomic E-state index is 0.283. The number of alkyl halides is 1. The Morgan fingerprint density at radius 3 is 1.78 bits per heavy atom. The van der Waals surface area contributed by atoms with Gasteiger partial charge in [0.05, 0.1) is 12.3 Å². The van der Waals surface area contributed by atoms with Crippen LogP contribution in [0, 0.1) is 5.41 Å². The van der Waals surface area contributed by atoms with E-state index in [9.17, 15) is 8.42 Å². The molecular weight excluding hydrogens is 529 g/mol. The molecule has 0 bridgehead atoms. The fraction of sp³-hybridized carbons (Fsp3) is 0.360. The van der Waals surface area contributed by atoms with Crippen molar-refractivity contribution in [1.82, 2.24) is 4.72 Å². The summed E-state index contributed by atoms with van der Waals surface area (Å²) in [6.07, 6.45) is 1.06. The van der Waals surface area contributed by atoms with Crippen LogP contribution in [0.5, 0.6) is 0 Å². The number of nitrogens with one attached hydrogen (secondary N) is 1. The van der Waals surface area contributed by atoms with Crippen LogP contribution in [0.2, 0.25) is 0 Å². The Hall–Kier alpha value is -1.30. The van der Waals surface area contributed by atoms with E-state index in [4.69, 9.17) is 17.3 Å². The number of allylic oxidation sites excluding steroid dienone is 4. The van der Waals surface area contributed by atoms with Crippen LogP contribution in [-0.2, 0) is 33.3 Å². The van der Waals surface area contributed by atoms with Gasteiger partial charge < -0.3 is 5.73 Å². The van der Waals surface area contributed by atoms with E-state index in [2.05, 4.69) is 57.6 Å². The van der Waals surface area contributed by atoms with E-state index < -0.39 is 21.1 Å². The van der Waals surface area contributed by atoms with E-state index in [0.717, 1.165) is 11.8 Å². The second kappa shape index (κ2) is 10.3. The predicted octanol–water partition coefficient (Wildman–Crippen LogP) is 5.51. The molecule has 0 heterocycles. The quantitative estimate of drug-likeness (QED) is 0.288. The first-order chi connectivity index (χ1) is 14.7. The Balaban J connectivity index is 0.000000278. The van der Waals surface area contributed by atoms with Gasteiger partial charge in [0.2, 0.25) is 10.0 Å². The third kappa shape index (κ3) is 5.98. The molecule has 3 rings (SSSR count). The molecule has 0 aliphatic heterocycles. The molecule has 7 heteroatoms. The monoisotopic (exact) mass is 561 g/mol. The number of hydrogen-bond donors (Lipinski definition) is 2. The predicted molar refractivity (Wildman–Crippen MR) is 130 cm³/mol. The van der Waals surface area contributed by atoms with Crippen molar-refractivity contribution >= 4 is 21.6 Å². The summed E-state index contributed by atoms with van der Waals surface area (Å²) in [5.74, 6) is 0. The van der Waals surface area contributed by atoms with Crippen molar-refractivity contribution < 1.29 is 26.7 Å². The minimum Gasteiger partial charge on any atom is -0.321 e. The van der Waals surface area contributed by atoms with Gasteiger partial charge in [-0.25, -0.2) is 8.42 Å². The smallest absolute Gasteiger partial charge is 0.210 e. The van der Waals surface area contributed by atoms with Gasteiger partial charge in [0.15, 0.2) is 5.00 Å². The van der Waals surface area contributed by atoms with Crippen molar-refractivity contribution in [3.8, 4) is 0 Å². The van der Waals surface area contributed by atoms with E-state index in [0.29, 0.717) is 5.56 Å². The Bertz CT molecular complexity index is 1090. The fourth-order valence-corrected chi connectivity index (χ4v) is 5.79. The first-order valence-corrected chi connectivity index (χ1v) is 13.4. The molecule has 1 aliphatic carbocycles. The fourth-order valence-electron chi connectivity index (χ4n) is 3.68. The molecule has 0 spiro atoms. The molecule has 2 aromatic rings. The molecule has 0 amide bonds. The third-order valence-corrected chi connectivity index (χ3v) is 9.12. The average Bonchev–Trinajstić information content (AvgIpc) is 2.88. The van der Waals surface area contributed by atoms with Gasteiger partial charge in [0.25, 0.3) is 0 Å². The molecule has 0 radical (unpaired) electrons. The Labute approximate surface area is 208 Å². The van der Waals surface area contributed by atoms with Crippen LogP contribution in [0.3, 0.4) is 0 Å². The molecule has 0 saturated carbocycles. The molecule has 175 valence electrons. The molecule has 4 nitrogen and oxygen atoms in total. The van der Waals surface area contributed by atoms with Crippen molar-refractivity contribution in [2.24, 2.45) is 11.1 Å². The first-order valence-electron chi connectivity index (χ1n) is 10.3. The molecule has 0 aromatic heterocycles. The largest absolute Gasteiger partial charge is 0.321 e. The summed E-state index contributed by atoms with van der Waals surface area (Å²) in [5.41, 5.74) is 12.3. The maximum Gasteiger partial charge on any atom is 0.210 e. The van der Waals surface area contributed by atoms with Crippen LogP contribution in [-0.4, -0.2) is 14.7 Å². The zero-order valence-corrected chi connectivity index (χ0v) is 22.7. The first kappa shape index (κ1) is 27.0. The standard InChI is InChI=1S/C15H17ClN2O2S.C10H15.Ru/c1-21(19,20)18-15(16,13-10-6-3-7-11-13)14(17)12-8-4-2-5-9-12;1-7-6-10(4,5)9(3)8(7)2;/h2-11,14,18H,17H2,1H3;1-5H3;/t14-,15-;;/m0../s1. The number of sulfonamides is 1. The van der Waals surface area contributed by atoms with E-state index in [-0.39, 0.29) is 5.41 Å². The molecule has 3 N–H and O–H groups in total. The van der Waals surface area contributed by atoms with E-state index in [1.54, 1.807) is 24.3 Å². The van der Waals surface area contributed by atoms with Crippen LogP contribution in [0.1, 0.15) is 51.8 Å². The Morgan fingerprint density at radius 1 is 0.969 bits per heavy atom. The molecular formula is C25H32ClN2O2RuS. The zero-order chi connectivity index (χ0) is 24.3. The van der Waals surface area contributed by atoms with E-state index >= 15 is 0 Å². The second-order valence-corrected chi connectivity index (χ2v) is 11.9. The number of nitrogens with two attached hydrogens (primary N) is 1. The molecule has 0 unspecified atom stereocenters. The van der Waals surface area contributed by atoms with Gasteiger partial charge in [0, 0.05) is 0 Å². The summed E-state index contributed by atoms with van der Waals surface area (Å²) >= 11 is 9.39. The summed E-state index contributed by atoms with van der Waals surface area (Å²) in [7, 11) is -3.54. The van der Waals surface area contributed by atoms with Crippen molar-refractivity contribution in [1.29, 1.82) is 0 Å². The normalized spacial score (nSPS) is 18.7. The molecule has 0 saturated heterocycles. The van der Waals surface area contributed by atoms with Crippen LogP contribution < -0.4 is 10.5 Å². The second-order valence-electron chi connectivity index (χ2n) is 8.64. The number of hydrogen-bond acceptors (Lipinski definition) is 3. The topological polar surface area (TPSA) is 72.2 Å². The maximum absolute atomic E-state index is 11.7. The molecule has 2 aromatic carbocycles. The van der Waals surface area contributed by atoms with E-state index in [1.165, 1.54) is 20.9 Å². The minimum atomic E-state index is -3.54. The number of rotatable bonds is 5. The van der Waals surface area contributed by atoms with Crippen LogP contribution in [0.4, 0.5) is 0 Å². The SMILES string of the molecule is CC1=C(C)C(C)(C)[C]([Ru])=C1C.CS(=O)(=O)N[C@@](Cl)(c1ccccc1)[C@@H](N)c1ccccc1. The van der Waals surface area contributed by atoms with Gasteiger partial charge >= 0.3 is 79.2 Å². The van der Waals surface area contributed by atoms with Gasteiger partial charge in [-0.05, 0) is 11.1 Å². The summed E-state index contributed by atoms with van der Waals surface area (Å²) in [4.78, 5) is -1.45. The summed E-state index contributed by atoms with van der Waals surface area (Å²) in [6.45, 7) is 11.2. The number of benzene rings is 2. The van der Waals surface area contributed by atoms with Crippen LogP contribution in [0.25, 0.3) is 0 Å². The Morgan fingerprint density at radius 2 is 1.44 bits per heavy atom. The van der Waals surface area contributed by atoms with Crippen molar-refractivity contribution in [3.05, 3.63) is 92.7 Å². The van der Waals surface area contributed by atoms with Crippen molar-refractivity contribution in [2.45, 2.75) is 45.7 Å². The summed E-state index contributed by atoms with van der Waals surface area (Å²) in [5, 5.41) is 0.